The second-order valence-corrected chi connectivity index (χ2v) is 8.00. The van der Waals surface area contributed by atoms with Crippen molar-refractivity contribution in [2.24, 2.45) is 5.92 Å². The number of aliphatic hydroxyl groups excluding tert-OH is 2. The minimum Gasteiger partial charge on any atom is -0.394 e. The van der Waals surface area contributed by atoms with E-state index in [4.69, 9.17) is 15.6 Å². The Morgan fingerprint density at radius 2 is 2.15 bits per heavy atom. The molecule has 26 heavy (non-hydrogen) atoms. The highest BCUT2D eigenvalue weighted by atomic mass is 32.2. The molecule has 144 valence electrons. The molecule has 7 nitrogen and oxygen atoms in total. The summed E-state index contributed by atoms with van der Waals surface area (Å²) in [5, 5.41) is 19.0. The number of rotatable bonds is 10. The van der Waals surface area contributed by atoms with E-state index >= 15 is 0 Å². The van der Waals surface area contributed by atoms with Crippen molar-refractivity contribution in [2.45, 2.75) is 18.9 Å². The summed E-state index contributed by atoms with van der Waals surface area (Å²) < 4.78 is 5.25. The summed E-state index contributed by atoms with van der Waals surface area (Å²) in [5.41, 5.74) is 9.12. The Labute approximate surface area is 158 Å². The van der Waals surface area contributed by atoms with Crippen molar-refractivity contribution in [1.82, 2.24) is 14.9 Å². The van der Waals surface area contributed by atoms with E-state index < -0.39 is 0 Å². The van der Waals surface area contributed by atoms with E-state index in [2.05, 4.69) is 20.9 Å². The van der Waals surface area contributed by atoms with Crippen molar-refractivity contribution in [1.29, 1.82) is 0 Å². The van der Waals surface area contributed by atoms with Crippen molar-refractivity contribution in [2.75, 3.05) is 56.7 Å². The molecule has 1 aromatic rings. The number of ether oxygens (including phenoxy) is 1. The maximum Gasteiger partial charge on any atom is 0.130 e. The lowest BCUT2D eigenvalue weighted by Gasteiger charge is -2.17. The summed E-state index contributed by atoms with van der Waals surface area (Å²) in [6.45, 7) is 3.58. The highest BCUT2D eigenvalue weighted by Crippen LogP contribution is 2.31. The lowest BCUT2D eigenvalue weighted by molar-refractivity contribution is 0.103. The van der Waals surface area contributed by atoms with Crippen LogP contribution < -0.4 is 5.73 Å². The molecular weight excluding hydrogens is 352 g/mol. The molecule has 1 aliphatic heterocycles. The van der Waals surface area contributed by atoms with Gasteiger partial charge in [0.25, 0.3) is 0 Å². The van der Waals surface area contributed by atoms with E-state index in [-0.39, 0.29) is 12.7 Å². The lowest BCUT2D eigenvalue weighted by Crippen LogP contribution is -2.24. The molecule has 3 rings (SSSR count). The van der Waals surface area contributed by atoms with Gasteiger partial charge in [-0.2, -0.15) is 11.8 Å². The van der Waals surface area contributed by atoms with Gasteiger partial charge in [-0.1, -0.05) is 6.08 Å². The standard InChI is InChI=1S/C18H28N4O3S/c19-18-15-2-1-14(17(15)20-12-21-18)10-22-9-13(16(24)11-22)3-7-26-8-6-25-5-4-23/h1,12-13,16,23-24H,2-11H2,(H2,19,20,21)/t13-,16-/m0/s1. The van der Waals surface area contributed by atoms with Gasteiger partial charge in [-0.3, -0.25) is 4.90 Å². The topological polar surface area (TPSA) is 105 Å². The molecule has 0 unspecified atom stereocenters. The molecule has 0 bridgehead atoms. The Bertz CT molecular complexity index is 628. The van der Waals surface area contributed by atoms with E-state index in [1.54, 1.807) is 0 Å². The summed E-state index contributed by atoms with van der Waals surface area (Å²) in [4.78, 5) is 10.8. The number of nitrogens with zero attached hydrogens (tertiary/aromatic N) is 3. The first-order valence-corrected chi connectivity index (χ1v) is 10.3. The summed E-state index contributed by atoms with van der Waals surface area (Å²) in [6, 6.07) is 0. The Balaban J connectivity index is 1.40. The van der Waals surface area contributed by atoms with Gasteiger partial charge in [0.2, 0.25) is 0 Å². The molecule has 0 aromatic carbocycles. The number of likely N-dealkylation sites (tertiary alicyclic amines) is 1. The molecule has 4 N–H and O–H groups in total. The fourth-order valence-corrected chi connectivity index (χ4v) is 4.49. The maximum atomic E-state index is 10.4. The zero-order valence-electron chi connectivity index (χ0n) is 15.0. The van der Waals surface area contributed by atoms with Crippen LogP contribution in [0.25, 0.3) is 5.57 Å². The van der Waals surface area contributed by atoms with Crippen LogP contribution in [-0.4, -0.2) is 82.1 Å². The summed E-state index contributed by atoms with van der Waals surface area (Å²) in [5.74, 6) is 2.84. The molecule has 2 aliphatic rings. The van der Waals surface area contributed by atoms with Crippen LogP contribution in [0.2, 0.25) is 0 Å². The third-order valence-corrected chi connectivity index (χ3v) is 5.93. The molecule has 1 aromatic heterocycles. The second-order valence-electron chi connectivity index (χ2n) is 6.78. The van der Waals surface area contributed by atoms with Crippen LogP contribution in [0.3, 0.4) is 0 Å². The molecule has 0 spiro atoms. The van der Waals surface area contributed by atoms with Gasteiger partial charge in [-0.05, 0) is 30.1 Å². The van der Waals surface area contributed by atoms with Gasteiger partial charge in [-0.25, -0.2) is 9.97 Å². The minimum atomic E-state index is -0.266. The fourth-order valence-electron chi connectivity index (χ4n) is 3.58. The quantitative estimate of drug-likeness (QED) is 0.502. The van der Waals surface area contributed by atoms with Crippen LogP contribution in [0.5, 0.6) is 0 Å². The second kappa shape index (κ2) is 9.66. The van der Waals surface area contributed by atoms with Crippen LogP contribution in [-0.2, 0) is 11.2 Å². The summed E-state index contributed by atoms with van der Waals surface area (Å²) in [6.07, 6.45) is 5.24. The SMILES string of the molecule is Nc1ncnc2c1CC=C2CN1C[C@H](CCSCCOCCO)[C@@H](O)C1. The predicted octanol–water partition coefficient (Wildman–Crippen LogP) is 0.423. The Kier molecular flexibility index (Phi) is 7.27. The Morgan fingerprint density at radius 3 is 3.00 bits per heavy atom. The number of allylic oxidation sites excluding steroid dienone is 1. The molecule has 2 atom stereocenters. The van der Waals surface area contributed by atoms with Gasteiger partial charge < -0.3 is 20.7 Å². The van der Waals surface area contributed by atoms with Gasteiger partial charge >= 0.3 is 0 Å². The highest BCUT2D eigenvalue weighted by molar-refractivity contribution is 7.99. The first kappa shape index (κ1) is 19.6. The molecule has 0 saturated carbocycles. The number of thioether (sulfide) groups is 1. The van der Waals surface area contributed by atoms with E-state index in [1.165, 1.54) is 11.9 Å². The molecule has 0 amide bonds. The lowest BCUT2D eigenvalue weighted by atomic mass is 10.0. The largest absolute Gasteiger partial charge is 0.394 e. The normalized spacial score (nSPS) is 22.6. The third-order valence-electron chi connectivity index (χ3n) is 4.95. The van der Waals surface area contributed by atoms with Crippen molar-refractivity contribution >= 4 is 23.2 Å². The smallest absolute Gasteiger partial charge is 0.130 e. The average Bonchev–Trinajstić information content (AvgIpc) is 3.19. The number of fused-ring (bicyclic) bond motifs is 1. The number of anilines is 1. The molecule has 1 saturated heterocycles. The maximum absolute atomic E-state index is 10.4. The molecule has 1 aliphatic carbocycles. The highest BCUT2D eigenvalue weighted by Gasteiger charge is 2.32. The van der Waals surface area contributed by atoms with Crippen molar-refractivity contribution in [3.8, 4) is 0 Å². The van der Waals surface area contributed by atoms with Crippen LogP contribution >= 0.6 is 11.8 Å². The van der Waals surface area contributed by atoms with Crippen molar-refractivity contribution in [3.63, 3.8) is 0 Å². The zero-order valence-corrected chi connectivity index (χ0v) is 15.8. The minimum absolute atomic E-state index is 0.0777. The molecule has 2 heterocycles. The van der Waals surface area contributed by atoms with Gasteiger partial charge in [0, 0.05) is 31.0 Å². The molecule has 0 radical (unpaired) electrons. The van der Waals surface area contributed by atoms with Gasteiger partial charge in [0.1, 0.15) is 12.1 Å². The number of nitrogens with two attached hydrogens (primary N) is 1. The predicted molar refractivity (Wildman–Crippen MR) is 104 cm³/mol. The average molecular weight is 381 g/mol. The summed E-state index contributed by atoms with van der Waals surface area (Å²) >= 11 is 1.84. The van der Waals surface area contributed by atoms with Crippen LogP contribution in [0, 0.1) is 5.92 Å². The molecule has 8 heteroatoms. The van der Waals surface area contributed by atoms with Crippen LogP contribution in [0.4, 0.5) is 5.82 Å². The number of nitrogen functional groups attached to an aromatic ring is 1. The van der Waals surface area contributed by atoms with Gasteiger partial charge in [-0.15, -0.1) is 0 Å². The Hall–Kier alpha value is -1.19. The Morgan fingerprint density at radius 1 is 1.27 bits per heavy atom. The number of aromatic nitrogens is 2. The third kappa shape index (κ3) is 4.95. The van der Waals surface area contributed by atoms with Gasteiger partial charge in [0.05, 0.1) is 31.6 Å². The number of hydrogen-bond donors (Lipinski definition) is 3. The van der Waals surface area contributed by atoms with Gasteiger partial charge in [0.15, 0.2) is 0 Å². The monoisotopic (exact) mass is 380 g/mol. The molecule has 1 fully saturated rings. The van der Waals surface area contributed by atoms with Crippen molar-refractivity contribution in [3.05, 3.63) is 23.7 Å². The summed E-state index contributed by atoms with van der Waals surface area (Å²) in [7, 11) is 0. The van der Waals surface area contributed by atoms with E-state index in [0.717, 1.165) is 48.7 Å². The first-order valence-electron chi connectivity index (χ1n) is 9.14. The molecular formula is C18H28N4O3S. The van der Waals surface area contributed by atoms with E-state index in [0.29, 0.717) is 31.5 Å². The van der Waals surface area contributed by atoms with E-state index in [1.807, 2.05) is 11.8 Å². The van der Waals surface area contributed by atoms with Crippen LogP contribution in [0.1, 0.15) is 17.7 Å². The van der Waals surface area contributed by atoms with E-state index in [9.17, 15) is 5.11 Å². The van der Waals surface area contributed by atoms with Crippen molar-refractivity contribution < 1.29 is 14.9 Å². The first-order chi connectivity index (χ1) is 12.7. The van der Waals surface area contributed by atoms with Crippen LogP contribution in [0.15, 0.2) is 12.4 Å². The fraction of sp³-hybridized carbons (Fsp3) is 0.667. The number of hydrogen-bond acceptors (Lipinski definition) is 8. The number of aliphatic hydroxyl groups is 2. The zero-order chi connectivity index (χ0) is 18.4. The number of β-amino-alcohol motifs (C(OH)–C–C–N with tert-alkyl or cyclic N) is 1.